The summed E-state index contributed by atoms with van der Waals surface area (Å²) >= 11 is 0. The molecular weight excluding hydrogens is 453 g/mol. The smallest absolute Gasteiger partial charge is 0.444 e. The van der Waals surface area contributed by atoms with Crippen LogP contribution in [0, 0.1) is 5.92 Å². The number of nitrogens with one attached hydrogen (secondary N) is 1. The van der Waals surface area contributed by atoms with Crippen molar-refractivity contribution >= 4 is 17.2 Å². The molecule has 0 radical (unpaired) electrons. The predicted octanol–water partition coefficient (Wildman–Crippen LogP) is 5.49. The van der Waals surface area contributed by atoms with Gasteiger partial charge in [0.1, 0.15) is 11.4 Å². The van der Waals surface area contributed by atoms with Gasteiger partial charge in [-0.3, -0.25) is 4.98 Å². The topological polar surface area (TPSA) is 84.8 Å². The maximum absolute atomic E-state index is 12.5. The van der Waals surface area contributed by atoms with Crippen LogP contribution in [0.3, 0.4) is 0 Å². The number of ether oxygens (including phenoxy) is 2. The first-order chi connectivity index (χ1) is 15.9. The Morgan fingerprint density at radius 2 is 1.85 bits per heavy atom. The third kappa shape index (κ3) is 5.55. The fourth-order valence-electron chi connectivity index (χ4n) is 4.17. The van der Waals surface area contributed by atoms with Gasteiger partial charge in [-0.1, -0.05) is 18.2 Å². The van der Waals surface area contributed by atoms with E-state index in [4.69, 9.17) is 9.15 Å². The van der Waals surface area contributed by atoms with Crippen molar-refractivity contribution in [3.8, 4) is 16.9 Å². The van der Waals surface area contributed by atoms with Gasteiger partial charge in [-0.05, 0) is 74.4 Å². The van der Waals surface area contributed by atoms with Crippen LogP contribution in [0.25, 0.3) is 22.2 Å². The van der Waals surface area contributed by atoms with E-state index in [1.54, 1.807) is 17.0 Å². The van der Waals surface area contributed by atoms with Crippen LogP contribution < -0.4 is 10.5 Å². The monoisotopic (exact) mass is 478 g/mol. The molecular formula is C24H25F3N2O5. The molecule has 3 aromatic rings. The number of nitrogens with zero attached hydrogens (tertiary/aromatic N) is 1. The number of alkyl halides is 3. The largest absolute Gasteiger partial charge is 0.573 e. The van der Waals surface area contributed by atoms with Crippen LogP contribution in [0.5, 0.6) is 5.75 Å². The van der Waals surface area contributed by atoms with Crippen LogP contribution in [-0.2, 0) is 11.2 Å². The lowest BCUT2D eigenvalue weighted by molar-refractivity contribution is -0.274. The van der Waals surface area contributed by atoms with Gasteiger partial charge in [-0.25, -0.2) is 9.59 Å². The number of rotatable bonds is 4. The minimum Gasteiger partial charge on any atom is -0.444 e. The van der Waals surface area contributed by atoms with E-state index < -0.39 is 17.7 Å². The highest BCUT2D eigenvalue weighted by atomic mass is 19.4. The summed E-state index contributed by atoms with van der Waals surface area (Å²) in [5.74, 6) is -0.813. The summed E-state index contributed by atoms with van der Waals surface area (Å²) in [6, 6.07) is 8.98. The number of benzene rings is 2. The van der Waals surface area contributed by atoms with E-state index in [-0.39, 0.29) is 17.8 Å². The molecule has 4 rings (SSSR count). The number of carbonyl (C=O) groups excluding carboxylic acids is 1. The summed E-state index contributed by atoms with van der Waals surface area (Å²) in [7, 11) is 0. The zero-order chi connectivity index (χ0) is 24.7. The number of hydrogen-bond acceptors (Lipinski definition) is 5. The molecule has 0 aliphatic carbocycles. The second-order valence-corrected chi connectivity index (χ2v) is 9.34. The molecule has 2 heterocycles. The van der Waals surface area contributed by atoms with Crippen LogP contribution in [-0.4, -0.2) is 41.0 Å². The molecule has 10 heteroatoms. The van der Waals surface area contributed by atoms with E-state index in [1.807, 2.05) is 20.8 Å². The van der Waals surface area contributed by atoms with E-state index in [1.165, 1.54) is 24.3 Å². The van der Waals surface area contributed by atoms with Crippen molar-refractivity contribution in [2.45, 2.75) is 45.6 Å². The molecule has 2 aromatic carbocycles. The minimum atomic E-state index is -4.77. The summed E-state index contributed by atoms with van der Waals surface area (Å²) in [5.41, 5.74) is 2.54. The summed E-state index contributed by atoms with van der Waals surface area (Å²) in [4.78, 5) is 28.7. The number of halogens is 3. The number of oxazole rings is 1. The highest BCUT2D eigenvalue weighted by Crippen LogP contribution is 2.34. The van der Waals surface area contributed by atoms with Gasteiger partial charge in [-0.15, -0.1) is 13.2 Å². The lowest BCUT2D eigenvalue weighted by Gasteiger charge is -2.24. The quantitative estimate of drug-likeness (QED) is 0.536. The Balaban J connectivity index is 1.61. The molecule has 1 saturated heterocycles. The van der Waals surface area contributed by atoms with Gasteiger partial charge in [-0.2, -0.15) is 0 Å². The molecule has 0 saturated carbocycles. The third-order valence-electron chi connectivity index (χ3n) is 5.53. The number of fused-ring (bicyclic) bond motifs is 1. The van der Waals surface area contributed by atoms with E-state index in [0.29, 0.717) is 36.2 Å². The standard InChI is InChI=1S/C24H25F3N2O5/c1-23(2,3)34-22(31)29-11-10-14(13-29)12-18-17(8-9-19-20(18)28-21(30)32-19)15-4-6-16(7-5-15)33-24(25,26)27/h4-9,14H,10-13H2,1-3H3,(H,28,30)/t14-/m1/s1. The summed E-state index contributed by atoms with van der Waals surface area (Å²) in [6.07, 6.45) is -3.87. The van der Waals surface area contributed by atoms with Gasteiger partial charge in [0.25, 0.3) is 0 Å². The van der Waals surface area contributed by atoms with E-state index in [2.05, 4.69) is 9.72 Å². The Bertz CT molecular complexity index is 1240. The van der Waals surface area contributed by atoms with Crippen LogP contribution >= 0.6 is 0 Å². The van der Waals surface area contributed by atoms with Gasteiger partial charge in [0.05, 0.1) is 5.52 Å². The number of likely N-dealkylation sites (tertiary alicyclic amines) is 1. The van der Waals surface area contributed by atoms with Crippen molar-refractivity contribution in [2.75, 3.05) is 13.1 Å². The number of hydrogen-bond donors (Lipinski definition) is 1. The van der Waals surface area contributed by atoms with E-state index in [9.17, 15) is 22.8 Å². The zero-order valence-electron chi connectivity index (χ0n) is 19.0. The maximum atomic E-state index is 12.5. The van der Waals surface area contributed by atoms with Gasteiger partial charge in [0.15, 0.2) is 5.58 Å². The van der Waals surface area contributed by atoms with E-state index in [0.717, 1.165) is 17.5 Å². The second kappa shape index (κ2) is 8.73. The molecule has 1 amide bonds. The fraction of sp³-hybridized carbons (Fsp3) is 0.417. The predicted molar refractivity (Wildman–Crippen MR) is 119 cm³/mol. The Morgan fingerprint density at radius 3 is 2.50 bits per heavy atom. The minimum absolute atomic E-state index is 0.100. The second-order valence-electron chi connectivity index (χ2n) is 9.34. The molecule has 34 heavy (non-hydrogen) atoms. The molecule has 1 N–H and O–H groups in total. The molecule has 1 aliphatic rings. The summed E-state index contributed by atoms with van der Waals surface area (Å²) < 4.78 is 52.2. The molecule has 1 aliphatic heterocycles. The number of aromatic amines is 1. The summed E-state index contributed by atoms with van der Waals surface area (Å²) in [6.45, 7) is 6.48. The molecule has 1 aromatic heterocycles. The highest BCUT2D eigenvalue weighted by molar-refractivity contribution is 5.85. The van der Waals surface area contributed by atoms with Crippen molar-refractivity contribution < 1.29 is 31.9 Å². The van der Waals surface area contributed by atoms with Crippen molar-refractivity contribution in [3.63, 3.8) is 0 Å². The number of aromatic nitrogens is 1. The molecule has 0 spiro atoms. The number of carbonyl (C=O) groups is 1. The van der Waals surface area contributed by atoms with Gasteiger partial charge in [0, 0.05) is 13.1 Å². The first-order valence-corrected chi connectivity index (χ1v) is 10.9. The lowest BCUT2D eigenvalue weighted by Crippen LogP contribution is -2.35. The van der Waals surface area contributed by atoms with Gasteiger partial charge < -0.3 is 18.8 Å². The molecule has 0 bridgehead atoms. The zero-order valence-corrected chi connectivity index (χ0v) is 19.0. The lowest BCUT2D eigenvalue weighted by atomic mass is 9.91. The van der Waals surface area contributed by atoms with Crippen LogP contribution in [0.4, 0.5) is 18.0 Å². The Hall–Kier alpha value is -3.43. The Kier molecular flexibility index (Phi) is 6.09. The number of amides is 1. The first kappa shape index (κ1) is 23.7. The van der Waals surface area contributed by atoms with Gasteiger partial charge in [0.2, 0.25) is 0 Å². The molecule has 182 valence electrons. The van der Waals surface area contributed by atoms with Crippen molar-refractivity contribution in [1.29, 1.82) is 0 Å². The van der Waals surface area contributed by atoms with Crippen LogP contribution in [0.15, 0.2) is 45.6 Å². The maximum Gasteiger partial charge on any atom is 0.573 e. The van der Waals surface area contributed by atoms with Crippen molar-refractivity contribution in [2.24, 2.45) is 5.92 Å². The Morgan fingerprint density at radius 1 is 1.15 bits per heavy atom. The molecule has 7 nitrogen and oxygen atoms in total. The average molecular weight is 478 g/mol. The van der Waals surface area contributed by atoms with Crippen LogP contribution in [0.1, 0.15) is 32.8 Å². The Labute approximate surface area is 193 Å². The van der Waals surface area contributed by atoms with Crippen molar-refractivity contribution in [3.05, 3.63) is 52.5 Å². The summed E-state index contributed by atoms with van der Waals surface area (Å²) in [5, 5.41) is 0. The molecule has 1 fully saturated rings. The number of H-pyrrole nitrogens is 1. The van der Waals surface area contributed by atoms with Gasteiger partial charge >= 0.3 is 18.2 Å². The third-order valence-corrected chi connectivity index (χ3v) is 5.53. The highest BCUT2D eigenvalue weighted by Gasteiger charge is 2.32. The molecule has 0 unspecified atom stereocenters. The average Bonchev–Trinajstić information content (AvgIpc) is 3.33. The first-order valence-electron chi connectivity index (χ1n) is 10.9. The SMILES string of the molecule is CC(C)(C)OC(=O)N1CC[C@H](Cc2c(-c3ccc(OC(F)(F)F)cc3)ccc3oc(=O)[nH]c23)C1. The van der Waals surface area contributed by atoms with Crippen LogP contribution in [0.2, 0.25) is 0 Å². The normalized spacial score (nSPS) is 16.8. The molecule has 1 atom stereocenters. The fourth-order valence-corrected chi connectivity index (χ4v) is 4.17. The van der Waals surface area contributed by atoms with E-state index >= 15 is 0 Å². The van der Waals surface area contributed by atoms with Crippen molar-refractivity contribution in [1.82, 2.24) is 9.88 Å².